The maximum absolute atomic E-state index is 11.1. The third kappa shape index (κ3) is 1.21. The van der Waals surface area contributed by atoms with Crippen LogP contribution in [0.15, 0.2) is 9.27 Å². The SMILES string of the molecule is Cc1nc(N)n(N)c(=O)c1Br. The van der Waals surface area contributed by atoms with Crippen molar-refractivity contribution in [1.82, 2.24) is 9.66 Å². The van der Waals surface area contributed by atoms with Gasteiger partial charge in [-0.1, -0.05) is 0 Å². The Morgan fingerprint density at radius 3 is 2.73 bits per heavy atom. The van der Waals surface area contributed by atoms with Crippen molar-refractivity contribution in [3.8, 4) is 0 Å². The average molecular weight is 219 g/mol. The fourth-order valence-corrected chi connectivity index (χ4v) is 0.919. The average Bonchev–Trinajstić information content (AvgIpc) is 1.97. The van der Waals surface area contributed by atoms with Crippen molar-refractivity contribution < 1.29 is 0 Å². The molecular formula is C5H7BrN4O. The number of rotatable bonds is 0. The van der Waals surface area contributed by atoms with E-state index in [1.165, 1.54) is 0 Å². The quantitative estimate of drug-likeness (QED) is 0.581. The Morgan fingerprint density at radius 2 is 2.18 bits per heavy atom. The van der Waals surface area contributed by atoms with Crippen LogP contribution in [-0.4, -0.2) is 9.66 Å². The highest BCUT2D eigenvalue weighted by atomic mass is 79.9. The molecule has 0 saturated heterocycles. The second-order valence-corrected chi connectivity index (χ2v) is 2.84. The van der Waals surface area contributed by atoms with Crippen LogP contribution < -0.4 is 17.1 Å². The molecule has 6 heteroatoms. The smallest absolute Gasteiger partial charge is 0.287 e. The van der Waals surface area contributed by atoms with Crippen molar-refractivity contribution in [1.29, 1.82) is 0 Å². The lowest BCUT2D eigenvalue weighted by molar-refractivity contribution is 0.883. The number of anilines is 1. The van der Waals surface area contributed by atoms with Gasteiger partial charge in [0, 0.05) is 0 Å². The molecule has 0 aliphatic rings. The van der Waals surface area contributed by atoms with Crippen LogP contribution in [-0.2, 0) is 0 Å². The van der Waals surface area contributed by atoms with Crippen LogP contribution in [0.2, 0.25) is 0 Å². The normalized spacial score (nSPS) is 10.0. The van der Waals surface area contributed by atoms with E-state index < -0.39 is 0 Å². The minimum absolute atomic E-state index is 0.00991. The van der Waals surface area contributed by atoms with Gasteiger partial charge in [-0.05, 0) is 22.9 Å². The molecule has 4 N–H and O–H groups in total. The number of nitrogens with two attached hydrogens (primary N) is 2. The molecule has 0 amide bonds. The highest BCUT2D eigenvalue weighted by Gasteiger charge is 2.06. The summed E-state index contributed by atoms with van der Waals surface area (Å²) >= 11 is 3.03. The molecule has 60 valence electrons. The van der Waals surface area contributed by atoms with Gasteiger partial charge >= 0.3 is 0 Å². The third-order valence-electron chi connectivity index (χ3n) is 1.25. The first-order chi connectivity index (χ1) is 5.04. The van der Waals surface area contributed by atoms with E-state index in [-0.39, 0.29) is 11.5 Å². The molecule has 0 aromatic carbocycles. The molecule has 0 unspecified atom stereocenters. The van der Waals surface area contributed by atoms with Crippen molar-refractivity contribution in [3.63, 3.8) is 0 Å². The molecule has 1 heterocycles. The molecule has 11 heavy (non-hydrogen) atoms. The van der Waals surface area contributed by atoms with Gasteiger partial charge in [0.05, 0.1) is 5.69 Å². The molecule has 0 spiro atoms. The molecule has 0 atom stereocenters. The first-order valence-corrected chi connectivity index (χ1v) is 3.63. The Balaban J connectivity index is 3.59. The second-order valence-electron chi connectivity index (χ2n) is 2.04. The predicted octanol–water partition coefficient (Wildman–Crippen LogP) is -0.390. The molecule has 0 fully saturated rings. The fraction of sp³-hybridized carbons (Fsp3) is 0.200. The molecule has 1 aromatic heterocycles. The number of halogens is 1. The molecule has 5 nitrogen and oxygen atoms in total. The minimum Gasteiger partial charge on any atom is -0.368 e. The van der Waals surface area contributed by atoms with E-state index in [2.05, 4.69) is 20.9 Å². The van der Waals surface area contributed by atoms with E-state index in [0.717, 1.165) is 4.68 Å². The highest BCUT2D eigenvalue weighted by Crippen LogP contribution is 2.07. The van der Waals surface area contributed by atoms with Crippen LogP contribution in [0.4, 0.5) is 5.95 Å². The van der Waals surface area contributed by atoms with E-state index in [9.17, 15) is 4.79 Å². The summed E-state index contributed by atoms with van der Waals surface area (Å²) in [6.45, 7) is 1.67. The van der Waals surface area contributed by atoms with E-state index in [4.69, 9.17) is 11.6 Å². The van der Waals surface area contributed by atoms with Crippen molar-refractivity contribution in [2.45, 2.75) is 6.92 Å². The predicted molar refractivity (Wildman–Crippen MR) is 45.5 cm³/mol. The van der Waals surface area contributed by atoms with Gasteiger partial charge in [-0.15, -0.1) is 0 Å². The zero-order chi connectivity index (χ0) is 8.59. The van der Waals surface area contributed by atoms with Crippen molar-refractivity contribution in [2.75, 3.05) is 11.6 Å². The minimum atomic E-state index is -0.380. The zero-order valence-electron chi connectivity index (χ0n) is 5.84. The van der Waals surface area contributed by atoms with Crippen LogP contribution in [0.3, 0.4) is 0 Å². The Bertz CT molecular complexity index is 316. The number of nitrogens with zero attached hydrogens (tertiary/aromatic N) is 2. The summed E-state index contributed by atoms with van der Waals surface area (Å²) in [6.07, 6.45) is 0. The Hall–Kier alpha value is -1.04. The maximum Gasteiger partial charge on any atom is 0.287 e. The highest BCUT2D eigenvalue weighted by molar-refractivity contribution is 9.10. The van der Waals surface area contributed by atoms with Crippen LogP contribution in [0.25, 0.3) is 0 Å². The summed E-state index contributed by atoms with van der Waals surface area (Å²) in [7, 11) is 0. The monoisotopic (exact) mass is 218 g/mol. The van der Waals surface area contributed by atoms with Gasteiger partial charge in [0.25, 0.3) is 5.56 Å². The van der Waals surface area contributed by atoms with Crippen LogP contribution in [0.1, 0.15) is 5.69 Å². The number of hydrogen-bond donors (Lipinski definition) is 2. The Morgan fingerprint density at radius 1 is 1.64 bits per heavy atom. The van der Waals surface area contributed by atoms with E-state index >= 15 is 0 Å². The molecule has 0 bridgehead atoms. The Kier molecular flexibility index (Phi) is 1.86. The van der Waals surface area contributed by atoms with E-state index in [1.54, 1.807) is 6.92 Å². The summed E-state index contributed by atoms with van der Waals surface area (Å²) in [5.74, 6) is 5.25. The summed E-state index contributed by atoms with van der Waals surface area (Å²) in [4.78, 5) is 14.9. The lowest BCUT2D eigenvalue weighted by Gasteiger charge is -2.03. The lowest BCUT2D eigenvalue weighted by Crippen LogP contribution is -2.31. The molecule has 0 aliphatic carbocycles. The lowest BCUT2D eigenvalue weighted by atomic mass is 10.4. The first-order valence-electron chi connectivity index (χ1n) is 2.83. The molecule has 1 rings (SSSR count). The molecule has 0 aliphatic heterocycles. The van der Waals surface area contributed by atoms with Gasteiger partial charge in [0.1, 0.15) is 4.47 Å². The first kappa shape index (κ1) is 8.06. The van der Waals surface area contributed by atoms with Crippen molar-refractivity contribution in [3.05, 3.63) is 20.5 Å². The van der Waals surface area contributed by atoms with Gasteiger partial charge in [-0.3, -0.25) is 4.79 Å². The number of aryl methyl sites for hydroxylation is 1. The van der Waals surface area contributed by atoms with E-state index in [0.29, 0.717) is 10.2 Å². The Labute approximate surface area is 71.1 Å². The molecule has 0 radical (unpaired) electrons. The van der Waals surface area contributed by atoms with Crippen LogP contribution in [0.5, 0.6) is 0 Å². The van der Waals surface area contributed by atoms with Gasteiger partial charge < -0.3 is 11.6 Å². The summed E-state index contributed by atoms with van der Waals surface area (Å²) in [5, 5.41) is 0. The summed E-state index contributed by atoms with van der Waals surface area (Å²) < 4.78 is 1.13. The summed E-state index contributed by atoms with van der Waals surface area (Å²) in [5.41, 5.74) is 5.45. The molecular weight excluding hydrogens is 212 g/mol. The van der Waals surface area contributed by atoms with Crippen LogP contribution in [0, 0.1) is 6.92 Å². The summed E-state index contributed by atoms with van der Waals surface area (Å²) in [6, 6.07) is 0. The number of aromatic nitrogens is 2. The fourth-order valence-electron chi connectivity index (χ4n) is 0.639. The standard InChI is InChI=1S/C5H7BrN4O/c1-2-3(6)4(11)10(8)5(7)9-2/h8H2,1H3,(H2,7,9). The largest absolute Gasteiger partial charge is 0.368 e. The van der Waals surface area contributed by atoms with Gasteiger partial charge in [0.2, 0.25) is 5.95 Å². The topological polar surface area (TPSA) is 86.9 Å². The number of nitrogen functional groups attached to an aromatic ring is 2. The van der Waals surface area contributed by atoms with Gasteiger partial charge in [-0.25, -0.2) is 4.98 Å². The molecule has 1 aromatic rings. The number of hydrogen-bond acceptors (Lipinski definition) is 4. The van der Waals surface area contributed by atoms with E-state index in [1.807, 2.05) is 0 Å². The maximum atomic E-state index is 11.1. The van der Waals surface area contributed by atoms with Crippen molar-refractivity contribution >= 4 is 21.9 Å². The molecule has 0 saturated carbocycles. The third-order valence-corrected chi connectivity index (χ3v) is 2.17. The van der Waals surface area contributed by atoms with Gasteiger partial charge in [0.15, 0.2) is 0 Å². The zero-order valence-corrected chi connectivity index (χ0v) is 7.42. The van der Waals surface area contributed by atoms with Crippen molar-refractivity contribution in [2.24, 2.45) is 0 Å². The van der Waals surface area contributed by atoms with Gasteiger partial charge in [-0.2, -0.15) is 4.68 Å². The van der Waals surface area contributed by atoms with Crippen LogP contribution >= 0.6 is 15.9 Å². The second kappa shape index (κ2) is 2.54.